The van der Waals surface area contributed by atoms with Crippen LogP contribution in [-0.4, -0.2) is 19.5 Å². The summed E-state index contributed by atoms with van der Waals surface area (Å²) in [5.74, 6) is 0. The van der Waals surface area contributed by atoms with Crippen LogP contribution in [0.25, 0.3) is 11.2 Å². The first-order chi connectivity index (χ1) is 7.86. The number of imidazole rings is 1. The van der Waals surface area contributed by atoms with Gasteiger partial charge in [0.15, 0.2) is 17.0 Å². The third-order valence-corrected chi connectivity index (χ3v) is 2.55. The molecule has 0 aromatic carbocycles. The summed E-state index contributed by atoms with van der Waals surface area (Å²) in [6, 6.07) is 0. The highest BCUT2D eigenvalue weighted by Crippen LogP contribution is 2.23. The van der Waals surface area contributed by atoms with Crippen molar-refractivity contribution in [3.63, 3.8) is 0 Å². The summed E-state index contributed by atoms with van der Waals surface area (Å²) in [6.07, 6.45) is 10.1. The van der Waals surface area contributed by atoms with E-state index in [9.17, 15) is 0 Å². The highest BCUT2D eigenvalue weighted by molar-refractivity contribution is 6.33. The molecule has 1 aliphatic rings. The van der Waals surface area contributed by atoms with E-state index in [1.807, 2.05) is 18.2 Å². The van der Waals surface area contributed by atoms with Gasteiger partial charge in [0.1, 0.15) is 18.2 Å². The van der Waals surface area contributed by atoms with Crippen molar-refractivity contribution in [2.24, 2.45) is 0 Å². The number of nitrogens with zero attached hydrogens (tertiary/aromatic N) is 4. The zero-order valence-corrected chi connectivity index (χ0v) is 8.87. The molecule has 1 aliphatic heterocycles. The first kappa shape index (κ1) is 9.35. The molecule has 0 bridgehead atoms. The molecule has 0 fully saturated rings. The molecule has 1 atom stereocenters. The van der Waals surface area contributed by atoms with E-state index in [0.717, 1.165) is 0 Å². The summed E-state index contributed by atoms with van der Waals surface area (Å²) in [5, 5.41) is 0.346. The fourth-order valence-electron chi connectivity index (χ4n) is 1.54. The summed E-state index contributed by atoms with van der Waals surface area (Å²) >= 11 is 5.91. The molecule has 0 spiro atoms. The smallest absolute Gasteiger partial charge is 0.197 e. The van der Waals surface area contributed by atoms with E-state index >= 15 is 0 Å². The van der Waals surface area contributed by atoms with Crippen LogP contribution in [0.15, 0.2) is 37.1 Å². The summed E-state index contributed by atoms with van der Waals surface area (Å²) in [4.78, 5) is 12.2. The third kappa shape index (κ3) is 1.37. The fourth-order valence-corrected chi connectivity index (χ4v) is 1.72. The van der Waals surface area contributed by atoms with Gasteiger partial charge in [0.2, 0.25) is 0 Å². The second-order valence-corrected chi connectivity index (χ2v) is 3.59. The molecule has 0 amide bonds. The Morgan fingerprint density at radius 3 is 3.00 bits per heavy atom. The molecule has 16 heavy (non-hydrogen) atoms. The maximum absolute atomic E-state index is 5.91. The predicted molar refractivity (Wildman–Crippen MR) is 58.7 cm³/mol. The monoisotopic (exact) mass is 234 g/mol. The molecule has 3 rings (SSSR count). The minimum absolute atomic E-state index is 0.235. The minimum Gasteiger partial charge on any atom is -0.474 e. The van der Waals surface area contributed by atoms with E-state index in [1.165, 1.54) is 6.33 Å². The lowest BCUT2D eigenvalue weighted by Gasteiger charge is -2.16. The first-order valence-corrected chi connectivity index (χ1v) is 5.06. The number of halogens is 1. The highest BCUT2D eigenvalue weighted by atomic mass is 35.5. The van der Waals surface area contributed by atoms with Gasteiger partial charge in [-0.3, -0.25) is 4.57 Å². The van der Waals surface area contributed by atoms with Crippen molar-refractivity contribution in [3.05, 3.63) is 42.3 Å². The number of rotatable bonds is 1. The maximum atomic E-state index is 5.91. The zero-order chi connectivity index (χ0) is 11.0. The van der Waals surface area contributed by atoms with Gasteiger partial charge in [0.25, 0.3) is 0 Å². The van der Waals surface area contributed by atoms with E-state index in [4.69, 9.17) is 16.3 Å². The Balaban J connectivity index is 2.14. The average Bonchev–Trinajstić information content (AvgIpc) is 2.75. The fraction of sp³-hybridized carbons (Fsp3) is 0.100. The van der Waals surface area contributed by atoms with Crippen molar-refractivity contribution >= 4 is 22.8 Å². The van der Waals surface area contributed by atoms with Crippen LogP contribution in [-0.2, 0) is 4.74 Å². The van der Waals surface area contributed by atoms with Crippen molar-refractivity contribution in [2.75, 3.05) is 0 Å². The lowest BCUT2D eigenvalue weighted by Crippen LogP contribution is -2.08. The van der Waals surface area contributed by atoms with Gasteiger partial charge in [-0.1, -0.05) is 17.7 Å². The van der Waals surface area contributed by atoms with Crippen molar-refractivity contribution < 1.29 is 4.74 Å². The molecule has 0 aliphatic carbocycles. The summed E-state index contributed by atoms with van der Waals surface area (Å²) in [6.45, 7) is 0. The summed E-state index contributed by atoms with van der Waals surface area (Å²) < 4.78 is 7.22. The van der Waals surface area contributed by atoms with Crippen molar-refractivity contribution in [2.45, 2.75) is 6.23 Å². The van der Waals surface area contributed by atoms with Gasteiger partial charge >= 0.3 is 0 Å². The molecule has 2 aromatic rings. The number of allylic oxidation sites excluding steroid dienone is 2. The van der Waals surface area contributed by atoms with Crippen LogP contribution in [0.3, 0.4) is 0 Å². The average molecular weight is 235 g/mol. The number of ether oxygens (including phenoxy) is 1. The van der Waals surface area contributed by atoms with Gasteiger partial charge in [0.05, 0.1) is 6.26 Å². The van der Waals surface area contributed by atoms with E-state index in [-0.39, 0.29) is 6.23 Å². The Hall–Kier alpha value is -1.88. The lowest BCUT2D eigenvalue weighted by atomic mass is 10.4. The SMILES string of the molecule is Clc1ncnc2c1ncn2C1C=CC=CO1. The number of fused-ring (bicyclic) bond motifs is 1. The van der Waals surface area contributed by atoms with Crippen LogP contribution in [0, 0.1) is 0 Å². The van der Waals surface area contributed by atoms with Gasteiger partial charge in [0, 0.05) is 0 Å². The van der Waals surface area contributed by atoms with E-state index < -0.39 is 0 Å². The van der Waals surface area contributed by atoms with Crippen LogP contribution in [0.2, 0.25) is 5.15 Å². The Kier molecular flexibility index (Phi) is 2.11. The molecule has 0 saturated heterocycles. The molecule has 5 nitrogen and oxygen atoms in total. The van der Waals surface area contributed by atoms with Crippen molar-refractivity contribution in [3.8, 4) is 0 Å². The molecular weight excluding hydrogens is 228 g/mol. The highest BCUT2D eigenvalue weighted by Gasteiger charge is 2.15. The number of hydrogen-bond donors (Lipinski definition) is 0. The van der Waals surface area contributed by atoms with E-state index in [0.29, 0.717) is 16.3 Å². The molecule has 80 valence electrons. The largest absolute Gasteiger partial charge is 0.474 e. The van der Waals surface area contributed by atoms with E-state index in [2.05, 4.69) is 15.0 Å². The van der Waals surface area contributed by atoms with Gasteiger partial charge in [-0.05, 0) is 12.2 Å². The second kappa shape index (κ2) is 3.61. The normalized spacial score (nSPS) is 18.9. The van der Waals surface area contributed by atoms with Gasteiger partial charge in [-0.25, -0.2) is 15.0 Å². The lowest BCUT2D eigenvalue weighted by molar-refractivity contribution is 0.125. The molecular formula is C10H7ClN4O. The predicted octanol–water partition coefficient (Wildman–Crippen LogP) is 2.08. The molecule has 0 saturated carbocycles. The molecule has 3 heterocycles. The first-order valence-electron chi connectivity index (χ1n) is 4.68. The van der Waals surface area contributed by atoms with Crippen LogP contribution < -0.4 is 0 Å². The third-order valence-electron chi connectivity index (χ3n) is 2.27. The molecule has 6 heteroatoms. The Labute approximate surface area is 96.0 Å². The molecule has 1 unspecified atom stereocenters. The second-order valence-electron chi connectivity index (χ2n) is 3.23. The topological polar surface area (TPSA) is 52.8 Å². The van der Waals surface area contributed by atoms with Crippen LogP contribution in [0.5, 0.6) is 0 Å². The van der Waals surface area contributed by atoms with E-state index in [1.54, 1.807) is 17.2 Å². The van der Waals surface area contributed by atoms with Gasteiger partial charge in [-0.2, -0.15) is 0 Å². The Morgan fingerprint density at radius 1 is 1.25 bits per heavy atom. The van der Waals surface area contributed by atoms with Crippen LogP contribution in [0.1, 0.15) is 6.23 Å². The standard InChI is InChI=1S/C10H7ClN4O/c11-9-8-10(13-5-12-9)15(6-14-8)7-3-1-2-4-16-7/h1-7H. The van der Waals surface area contributed by atoms with Crippen LogP contribution >= 0.6 is 11.6 Å². The van der Waals surface area contributed by atoms with Gasteiger partial charge < -0.3 is 4.74 Å². The Bertz CT molecular complexity index is 590. The zero-order valence-electron chi connectivity index (χ0n) is 8.12. The molecule has 0 radical (unpaired) electrons. The van der Waals surface area contributed by atoms with Gasteiger partial charge in [-0.15, -0.1) is 0 Å². The van der Waals surface area contributed by atoms with Crippen molar-refractivity contribution in [1.29, 1.82) is 0 Å². The molecule has 0 N–H and O–H groups in total. The number of aromatic nitrogens is 4. The summed E-state index contributed by atoms with van der Waals surface area (Å²) in [5.41, 5.74) is 1.24. The minimum atomic E-state index is -0.235. The quantitative estimate of drug-likeness (QED) is 0.709. The Morgan fingerprint density at radius 2 is 2.19 bits per heavy atom. The van der Waals surface area contributed by atoms with Crippen molar-refractivity contribution in [1.82, 2.24) is 19.5 Å². The molecule has 2 aromatic heterocycles. The summed E-state index contributed by atoms with van der Waals surface area (Å²) in [7, 11) is 0. The number of hydrogen-bond acceptors (Lipinski definition) is 4. The maximum Gasteiger partial charge on any atom is 0.197 e. The van der Waals surface area contributed by atoms with Crippen LogP contribution in [0.4, 0.5) is 0 Å².